The summed E-state index contributed by atoms with van der Waals surface area (Å²) in [4.78, 5) is 8.84. The van der Waals surface area contributed by atoms with E-state index in [1.54, 1.807) is 18.3 Å². The van der Waals surface area contributed by atoms with Crippen LogP contribution in [0.25, 0.3) is 11.0 Å². The van der Waals surface area contributed by atoms with Crippen molar-refractivity contribution in [2.75, 3.05) is 0 Å². The number of hydrogen-bond acceptors (Lipinski definition) is 2. The van der Waals surface area contributed by atoms with Crippen LogP contribution in [-0.4, -0.2) is 9.97 Å². The second-order valence-corrected chi connectivity index (χ2v) is 5.03. The van der Waals surface area contributed by atoms with E-state index in [0.717, 1.165) is 23.1 Å². The van der Waals surface area contributed by atoms with Crippen LogP contribution < -0.4 is 0 Å². The second-order valence-electron chi connectivity index (χ2n) is 4.21. The van der Waals surface area contributed by atoms with Crippen LogP contribution in [0.4, 0.5) is 0 Å². The highest BCUT2D eigenvalue weighted by atomic mass is 35.5. The zero-order chi connectivity index (χ0) is 11.7. The molecule has 2 aromatic rings. The van der Waals surface area contributed by atoms with E-state index in [2.05, 4.69) is 23.8 Å². The van der Waals surface area contributed by atoms with Gasteiger partial charge in [-0.1, -0.05) is 37.0 Å². The Labute approximate surface area is 105 Å². The van der Waals surface area contributed by atoms with Gasteiger partial charge in [0.1, 0.15) is 0 Å². The van der Waals surface area contributed by atoms with Gasteiger partial charge >= 0.3 is 0 Å². The Kier molecular flexibility index (Phi) is 3.31. The molecule has 2 rings (SSSR count). The van der Waals surface area contributed by atoms with Gasteiger partial charge in [0.2, 0.25) is 0 Å². The second kappa shape index (κ2) is 4.56. The lowest BCUT2D eigenvalue weighted by Gasteiger charge is -2.05. The molecule has 0 atom stereocenters. The molecule has 2 nitrogen and oxygen atoms in total. The van der Waals surface area contributed by atoms with Crippen molar-refractivity contribution >= 4 is 34.2 Å². The predicted octanol–water partition coefficient (Wildman–Crippen LogP) is 4.14. The Morgan fingerprint density at radius 3 is 2.38 bits per heavy atom. The van der Waals surface area contributed by atoms with Crippen molar-refractivity contribution in [1.82, 2.24) is 9.97 Å². The summed E-state index contributed by atoms with van der Waals surface area (Å²) >= 11 is 11.9. The maximum Gasteiger partial charge on any atom is 0.0906 e. The molecule has 1 aromatic heterocycles. The first-order valence-electron chi connectivity index (χ1n) is 5.17. The first-order chi connectivity index (χ1) is 7.56. The third kappa shape index (κ3) is 2.45. The van der Waals surface area contributed by atoms with E-state index in [1.165, 1.54) is 0 Å². The summed E-state index contributed by atoms with van der Waals surface area (Å²) in [7, 11) is 0. The molecule has 4 heteroatoms. The number of fused-ring (bicyclic) bond motifs is 1. The Morgan fingerprint density at radius 1 is 1.12 bits per heavy atom. The van der Waals surface area contributed by atoms with Crippen molar-refractivity contribution in [3.8, 4) is 0 Å². The van der Waals surface area contributed by atoms with E-state index in [4.69, 9.17) is 23.2 Å². The molecule has 0 bridgehead atoms. The highest BCUT2D eigenvalue weighted by molar-refractivity contribution is 6.42. The van der Waals surface area contributed by atoms with Gasteiger partial charge in [-0.25, -0.2) is 4.98 Å². The van der Waals surface area contributed by atoms with E-state index in [0.29, 0.717) is 16.0 Å². The Hall–Kier alpha value is -0.860. The molecule has 0 fully saturated rings. The van der Waals surface area contributed by atoms with Crippen LogP contribution in [0.1, 0.15) is 19.5 Å². The average molecular weight is 255 g/mol. The highest BCUT2D eigenvalue weighted by Crippen LogP contribution is 2.26. The Balaban J connectivity index is 2.49. The monoisotopic (exact) mass is 254 g/mol. The lowest BCUT2D eigenvalue weighted by Crippen LogP contribution is -1.98. The minimum atomic E-state index is 0.514. The van der Waals surface area contributed by atoms with E-state index < -0.39 is 0 Å². The minimum Gasteiger partial charge on any atom is -0.253 e. The van der Waals surface area contributed by atoms with Crippen LogP contribution in [0.2, 0.25) is 10.0 Å². The summed E-state index contributed by atoms with van der Waals surface area (Å²) in [5, 5.41) is 1.03. The fourth-order valence-corrected chi connectivity index (χ4v) is 1.88. The highest BCUT2D eigenvalue weighted by Gasteiger charge is 2.05. The smallest absolute Gasteiger partial charge is 0.0906 e. The summed E-state index contributed by atoms with van der Waals surface area (Å²) in [5.74, 6) is 0.564. The average Bonchev–Trinajstić information content (AvgIpc) is 2.19. The predicted molar refractivity (Wildman–Crippen MR) is 68.1 cm³/mol. The molecular weight excluding hydrogens is 243 g/mol. The van der Waals surface area contributed by atoms with Crippen LogP contribution in [0.5, 0.6) is 0 Å². The fraction of sp³-hybridized carbons (Fsp3) is 0.333. The third-order valence-corrected chi connectivity index (χ3v) is 2.97. The first-order valence-corrected chi connectivity index (χ1v) is 5.92. The molecule has 0 N–H and O–H groups in total. The van der Waals surface area contributed by atoms with Gasteiger partial charge in [0.05, 0.1) is 26.8 Å². The summed E-state index contributed by atoms with van der Waals surface area (Å²) < 4.78 is 0. The van der Waals surface area contributed by atoms with Gasteiger partial charge in [-0.2, -0.15) is 0 Å². The van der Waals surface area contributed by atoms with E-state index in [-0.39, 0.29) is 0 Å². The number of benzene rings is 1. The molecule has 1 heterocycles. The Morgan fingerprint density at radius 2 is 1.75 bits per heavy atom. The van der Waals surface area contributed by atoms with Crippen LogP contribution in [-0.2, 0) is 6.42 Å². The van der Waals surface area contributed by atoms with Crippen LogP contribution in [0.3, 0.4) is 0 Å². The van der Waals surface area contributed by atoms with Crippen LogP contribution >= 0.6 is 23.2 Å². The van der Waals surface area contributed by atoms with Gasteiger partial charge in [-0.15, -0.1) is 0 Å². The molecule has 0 aliphatic rings. The number of hydrogen-bond donors (Lipinski definition) is 0. The number of rotatable bonds is 2. The quantitative estimate of drug-likeness (QED) is 0.806. The molecule has 0 unspecified atom stereocenters. The first kappa shape index (κ1) is 11.6. The van der Waals surface area contributed by atoms with Crippen molar-refractivity contribution < 1.29 is 0 Å². The molecule has 0 saturated heterocycles. The number of halogens is 2. The topological polar surface area (TPSA) is 25.8 Å². The third-order valence-electron chi connectivity index (χ3n) is 2.25. The Bertz CT molecular complexity index is 524. The summed E-state index contributed by atoms with van der Waals surface area (Å²) in [6.07, 6.45) is 2.72. The van der Waals surface area contributed by atoms with E-state index in [9.17, 15) is 0 Å². The van der Waals surface area contributed by atoms with Gasteiger partial charge in [-0.3, -0.25) is 4.98 Å². The van der Waals surface area contributed by atoms with Crippen LogP contribution in [0, 0.1) is 5.92 Å². The SMILES string of the molecule is CC(C)Cc1cnc2cc(Cl)c(Cl)cc2n1. The molecule has 1 aromatic carbocycles. The van der Waals surface area contributed by atoms with Crippen molar-refractivity contribution in [2.24, 2.45) is 5.92 Å². The van der Waals surface area contributed by atoms with Gasteiger partial charge in [0.15, 0.2) is 0 Å². The molecule has 0 aliphatic heterocycles. The molecule has 0 amide bonds. The molecule has 16 heavy (non-hydrogen) atoms. The summed E-state index contributed by atoms with van der Waals surface area (Å²) in [6.45, 7) is 4.31. The van der Waals surface area contributed by atoms with Crippen molar-refractivity contribution in [3.63, 3.8) is 0 Å². The molecule has 0 radical (unpaired) electrons. The molecule has 0 spiro atoms. The zero-order valence-electron chi connectivity index (χ0n) is 9.17. The van der Waals surface area contributed by atoms with Gasteiger partial charge in [-0.05, 0) is 24.5 Å². The molecular formula is C12H12Cl2N2. The summed E-state index contributed by atoms with van der Waals surface area (Å²) in [5.41, 5.74) is 2.57. The minimum absolute atomic E-state index is 0.514. The molecule has 0 aliphatic carbocycles. The van der Waals surface area contributed by atoms with Crippen molar-refractivity contribution in [1.29, 1.82) is 0 Å². The zero-order valence-corrected chi connectivity index (χ0v) is 10.7. The number of aromatic nitrogens is 2. The van der Waals surface area contributed by atoms with Gasteiger partial charge in [0.25, 0.3) is 0 Å². The molecule has 84 valence electrons. The fourth-order valence-electron chi connectivity index (χ4n) is 1.56. The largest absolute Gasteiger partial charge is 0.253 e. The maximum atomic E-state index is 5.95. The maximum absolute atomic E-state index is 5.95. The van der Waals surface area contributed by atoms with Crippen molar-refractivity contribution in [3.05, 3.63) is 34.1 Å². The van der Waals surface area contributed by atoms with Gasteiger partial charge < -0.3 is 0 Å². The standard InChI is InChI=1S/C12H12Cl2N2/c1-7(2)3-8-6-15-11-4-9(13)10(14)5-12(11)16-8/h4-7H,3H2,1-2H3. The normalized spacial score (nSPS) is 11.3. The van der Waals surface area contributed by atoms with E-state index in [1.807, 2.05) is 0 Å². The lowest BCUT2D eigenvalue weighted by molar-refractivity contribution is 0.635. The lowest BCUT2D eigenvalue weighted by atomic mass is 10.1. The van der Waals surface area contributed by atoms with Crippen LogP contribution in [0.15, 0.2) is 18.3 Å². The molecule has 0 saturated carbocycles. The van der Waals surface area contributed by atoms with E-state index >= 15 is 0 Å². The van der Waals surface area contributed by atoms with Gasteiger partial charge in [0, 0.05) is 6.20 Å². The number of nitrogens with zero attached hydrogens (tertiary/aromatic N) is 2. The van der Waals surface area contributed by atoms with Crippen molar-refractivity contribution in [2.45, 2.75) is 20.3 Å². The summed E-state index contributed by atoms with van der Waals surface area (Å²) in [6, 6.07) is 3.50.